The second-order valence-corrected chi connectivity index (χ2v) is 4.17. The first-order valence-corrected chi connectivity index (χ1v) is 5.37. The van der Waals surface area contributed by atoms with Crippen molar-refractivity contribution >= 4 is 5.91 Å². The lowest BCUT2D eigenvalue weighted by atomic mass is 10.1. The lowest BCUT2D eigenvalue weighted by molar-refractivity contribution is -0.121. The molecule has 1 saturated heterocycles. The molecule has 2 fully saturated rings. The zero-order valence-electron chi connectivity index (χ0n) is 8.58. The summed E-state index contributed by atoms with van der Waals surface area (Å²) in [4.78, 5) is 11.4. The Labute approximate surface area is 84.4 Å². The molecule has 4 nitrogen and oxygen atoms in total. The monoisotopic (exact) mass is 198 g/mol. The second-order valence-electron chi connectivity index (χ2n) is 4.17. The van der Waals surface area contributed by atoms with Gasteiger partial charge in [0.15, 0.2) is 0 Å². The van der Waals surface area contributed by atoms with Crippen LogP contribution in [0.4, 0.5) is 0 Å². The molecule has 1 aliphatic heterocycles. The molecule has 1 amide bonds. The average molecular weight is 198 g/mol. The van der Waals surface area contributed by atoms with Gasteiger partial charge in [-0.1, -0.05) is 0 Å². The van der Waals surface area contributed by atoms with Gasteiger partial charge in [-0.3, -0.25) is 4.79 Å². The predicted molar refractivity (Wildman–Crippen MR) is 52.9 cm³/mol. The van der Waals surface area contributed by atoms with Crippen molar-refractivity contribution in [2.45, 2.75) is 31.4 Å². The Kier molecular flexibility index (Phi) is 3.03. The minimum atomic E-state index is 0.0775. The molecule has 2 atom stereocenters. The third-order valence-electron chi connectivity index (χ3n) is 2.91. The Morgan fingerprint density at radius 3 is 2.86 bits per heavy atom. The third kappa shape index (κ3) is 2.25. The molecular weight excluding hydrogens is 180 g/mol. The topological polar surface area (TPSA) is 50.4 Å². The number of likely N-dealkylation sites (N-methyl/N-ethyl adjacent to an activating group) is 1. The molecule has 1 heterocycles. The van der Waals surface area contributed by atoms with E-state index in [2.05, 4.69) is 10.6 Å². The van der Waals surface area contributed by atoms with Crippen LogP contribution in [-0.4, -0.2) is 38.3 Å². The zero-order chi connectivity index (χ0) is 9.97. The van der Waals surface area contributed by atoms with Crippen LogP contribution in [0.25, 0.3) is 0 Å². The quantitative estimate of drug-likeness (QED) is 0.662. The summed E-state index contributed by atoms with van der Waals surface area (Å²) in [6.07, 6.45) is 3.79. The number of hydrogen-bond acceptors (Lipinski definition) is 3. The van der Waals surface area contributed by atoms with E-state index in [1.54, 1.807) is 7.05 Å². The fourth-order valence-corrected chi connectivity index (χ4v) is 2.07. The normalized spacial score (nSPS) is 31.8. The molecule has 2 rings (SSSR count). The van der Waals surface area contributed by atoms with Gasteiger partial charge in [0.1, 0.15) is 0 Å². The van der Waals surface area contributed by atoms with Crippen molar-refractivity contribution in [2.24, 2.45) is 5.92 Å². The largest absolute Gasteiger partial charge is 0.376 e. The summed E-state index contributed by atoms with van der Waals surface area (Å²) in [5, 5.41) is 5.87. The van der Waals surface area contributed by atoms with Gasteiger partial charge >= 0.3 is 0 Å². The Morgan fingerprint density at radius 2 is 2.21 bits per heavy atom. The highest BCUT2D eigenvalue weighted by Crippen LogP contribution is 2.38. The molecular formula is C10H18N2O2. The summed E-state index contributed by atoms with van der Waals surface area (Å²) in [5.74, 6) is 0.783. The summed E-state index contributed by atoms with van der Waals surface area (Å²) in [6.45, 7) is 1.19. The van der Waals surface area contributed by atoms with Gasteiger partial charge < -0.3 is 15.4 Å². The summed E-state index contributed by atoms with van der Waals surface area (Å²) in [7, 11) is 1.78. The van der Waals surface area contributed by atoms with Crippen molar-refractivity contribution in [3.05, 3.63) is 0 Å². The summed E-state index contributed by atoms with van der Waals surface area (Å²) >= 11 is 0. The number of nitrogens with one attached hydrogen (secondary N) is 2. The van der Waals surface area contributed by atoms with Crippen molar-refractivity contribution in [1.29, 1.82) is 0 Å². The van der Waals surface area contributed by atoms with Gasteiger partial charge in [0.25, 0.3) is 0 Å². The standard InChI is InChI=1S/C10H18N2O2/c1-11-6-9(13)12-8-4-5-14-10(8)7-2-3-7/h7-8,10-11H,2-6H2,1H3,(H,12,13). The van der Waals surface area contributed by atoms with E-state index in [0.29, 0.717) is 12.5 Å². The highest BCUT2D eigenvalue weighted by molar-refractivity contribution is 5.78. The summed E-state index contributed by atoms with van der Waals surface area (Å²) < 4.78 is 5.63. The van der Waals surface area contributed by atoms with Crippen molar-refractivity contribution < 1.29 is 9.53 Å². The molecule has 4 heteroatoms. The number of amides is 1. The maximum atomic E-state index is 11.4. The maximum absolute atomic E-state index is 11.4. The van der Waals surface area contributed by atoms with Crippen LogP contribution in [0, 0.1) is 5.92 Å². The van der Waals surface area contributed by atoms with E-state index >= 15 is 0 Å². The molecule has 2 N–H and O–H groups in total. The molecule has 0 radical (unpaired) electrons. The van der Waals surface area contributed by atoms with E-state index in [9.17, 15) is 4.79 Å². The van der Waals surface area contributed by atoms with Crippen LogP contribution in [0.15, 0.2) is 0 Å². The first-order chi connectivity index (χ1) is 6.81. The first-order valence-electron chi connectivity index (χ1n) is 5.37. The van der Waals surface area contributed by atoms with Crippen LogP contribution in [-0.2, 0) is 9.53 Å². The fraction of sp³-hybridized carbons (Fsp3) is 0.900. The minimum Gasteiger partial charge on any atom is -0.376 e. The molecule has 14 heavy (non-hydrogen) atoms. The molecule has 0 aromatic rings. The van der Waals surface area contributed by atoms with Crippen LogP contribution in [0.3, 0.4) is 0 Å². The van der Waals surface area contributed by atoms with Gasteiger partial charge in [-0.15, -0.1) is 0 Å². The van der Waals surface area contributed by atoms with E-state index in [0.717, 1.165) is 13.0 Å². The van der Waals surface area contributed by atoms with Gasteiger partial charge in [0.2, 0.25) is 5.91 Å². The van der Waals surface area contributed by atoms with Crippen molar-refractivity contribution in [3.8, 4) is 0 Å². The van der Waals surface area contributed by atoms with E-state index in [1.807, 2.05) is 0 Å². The first kappa shape index (κ1) is 9.93. The number of hydrogen-bond donors (Lipinski definition) is 2. The van der Waals surface area contributed by atoms with Crippen LogP contribution in [0.1, 0.15) is 19.3 Å². The van der Waals surface area contributed by atoms with Crippen molar-refractivity contribution in [3.63, 3.8) is 0 Å². The Bertz CT molecular complexity index is 216. The SMILES string of the molecule is CNCC(=O)NC1CCOC1C1CC1. The van der Waals surface area contributed by atoms with E-state index in [-0.39, 0.29) is 18.1 Å². The fourth-order valence-electron chi connectivity index (χ4n) is 2.07. The van der Waals surface area contributed by atoms with Crippen LogP contribution < -0.4 is 10.6 Å². The highest BCUT2D eigenvalue weighted by Gasteiger charge is 2.40. The van der Waals surface area contributed by atoms with Gasteiger partial charge in [-0.05, 0) is 32.2 Å². The Hall–Kier alpha value is -0.610. The predicted octanol–water partition coefficient (Wildman–Crippen LogP) is -0.111. The van der Waals surface area contributed by atoms with Crippen molar-refractivity contribution in [2.75, 3.05) is 20.2 Å². The van der Waals surface area contributed by atoms with E-state index in [1.165, 1.54) is 12.8 Å². The third-order valence-corrected chi connectivity index (χ3v) is 2.91. The Morgan fingerprint density at radius 1 is 1.43 bits per heavy atom. The minimum absolute atomic E-state index is 0.0775. The number of ether oxygens (including phenoxy) is 1. The van der Waals surface area contributed by atoms with Gasteiger partial charge in [-0.2, -0.15) is 0 Å². The summed E-state index contributed by atoms with van der Waals surface area (Å²) in [6, 6.07) is 0.253. The average Bonchev–Trinajstić information content (AvgIpc) is 2.89. The molecule has 0 aromatic carbocycles. The zero-order valence-corrected chi connectivity index (χ0v) is 8.58. The molecule has 2 aliphatic rings. The summed E-state index contributed by atoms with van der Waals surface area (Å²) in [5.41, 5.74) is 0. The van der Waals surface area contributed by atoms with E-state index in [4.69, 9.17) is 4.74 Å². The molecule has 80 valence electrons. The maximum Gasteiger partial charge on any atom is 0.234 e. The molecule has 2 unspecified atom stereocenters. The van der Waals surface area contributed by atoms with Crippen LogP contribution in [0.5, 0.6) is 0 Å². The number of carbonyl (C=O) groups excluding carboxylic acids is 1. The number of rotatable bonds is 4. The Balaban J connectivity index is 1.80. The van der Waals surface area contributed by atoms with E-state index < -0.39 is 0 Å². The number of carbonyl (C=O) groups is 1. The molecule has 0 spiro atoms. The second kappa shape index (κ2) is 4.28. The molecule has 0 bridgehead atoms. The lowest BCUT2D eigenvalue weighted by Gasteiger charge is -2.19. The van der Waals surface area contributed by atoms with Gasteiger partial charge in [-0.25, -0.2) is 0 Å². The molecule has 0 aromatic heterocycles. The smallest absolute Gasteiger partial charge is 0.234 e. The highest BCUT2D eigenvalue weighted by atomic mass is 16.5. The van der Waals surface area contributed by atoms with Crippen molar-refractivity contribution in [1.82, 2.24) is 10.6 Å². The molecule has 1 aliphatic carbocycles. The van der Waals surface area contributed by atoms with Crippen LogP contribution >= 0.6 is 0 Å². The molecule has 1 saturated carbocycles. The lowest BCUT2D eigenvalue weighted by Crippen LogP contribution is -2.44. The van der Waals surface area contributed by atoms with Gasteiger partial charge in [0, 0.05) is 6.61 Å². The van der Waals surface area contributed by atoms with Gasteiger partial charge in [0.05, 0.1) is 18.7 Å². The van der Waals surface area contributed by atoms with Crippen LogP contribution in [0.2, 0.25) is 0 Å².